The van der Waals surface area contributed by atoms with Gasteiger partial charge < -0.3 is 9.47 Å². The number of esters is 1. The van der Waals surface area contributed by atoms with E-state index in [0.29, 0.717) is 5.69 Å². The normalized spacial score (nSPS) is 12.1. The predicted molar refractivity (Wildman–Crippen MR) is 68.1 cm³/mol. The number of nitrogens with zero attached hydrogens (tertiary/aromatic N) is 2. The molecule has 0 fully saturated rings. The molecule has 0 spiro atoms. The first-order valence-electron chi connectivity index (χ1n) is 5.78. The molecule has 0 aliphatic carbocycles. The van der Waals surface area contributed by atoms with Crippen molar-refractivity contribution in [1.82, 2.24) is 9.97 Å². The van der Waals surface area contributed by atoms with Crippen LogP contribution in [-0.4, -0.2) is 29.2 Å². The van der Waals surface area contributed by atoms with Crippen molar-refractivity contribution >= 4 is 17.6 Å². The molecule has 0 amide bonds. The summed E-state index contributed by atoms with van der Waals surface area (Å²) in [6.07, 6.45) is 1.79. The molecular formula is C12H17ClN2O3. The van der Waals surface area contributed by atoms with Crippen molar-refractivity contribution in [1.29, 1.82) is 0 Å². The monoisotopic (exact) mass is 272 g/mol. The molecular weight excluding hydrogens is 256 g/mol. The lowest BCUT2D eigenvalue weighted by Gasteiger charge is -2.16. The molecule has 1 aromatic rings. The van der Waals surface area contributed by atoms with E-state index in [1.165, 1.54) is 7.11 Å². The molecule has 1 rings (SSSR count). The van der Waals surface area contributed by atoms with Crippen molar-refractivity contribution in [3.63, 3.8) is 0 Å². The van der Waals surface area contributed by atoms with Gasteiger partial charge in [0.1, 0.15) is 5.56 Å². The molecule has 0 saturated carbocycles. The molecule has 18 heavy (non-hydrogen) atoms. The van der Waals surface area contributed by atoms with Gasteiger partial charge in [0.2, 0.25) is 11.2 Å². The predicted octanol–water partition coefficient (Wildman–Crippen LogP) is 2.79. The van der Waals surface area contributed by atoms with E-state index in [1.807, 2.05) is 6.92 Å². The van der Waals surface area contributed by atoms with E-state index < -0.39 is 5.97 Å². The van der Waals surface area contributed by atoms with E-state index >= 15 is 0 Å². The fourth-order valence-corrected chi connectivity index (χ4v) is 1.80. The summed E-state index contributed by atoms with van der Waals surface area (Å²) < 4.78 is 10.3. The maximum Gasteiger partial charge on any atom is 0.345 e. The minimum Gasteiger partial charge on any atom is -0.474 e. The zero-order valence-corrected chi connectivity index (χ0v) is 11.7. The number of halogens is 1. The van der Waals surface area contributed by atoms with Crippen LogP contribution in [0.3, 0.4) is 0 Å². The lowest BCUT2D eigenvalue weighted by Crippen LogP contribution is -2.17. The van der Waals surface area contributed by atoms with Crippen LogP contribution in [0.1, 0.15) is 42.7 Å². The van der Waals surface area contributed by atoms with Gasteiger partial charge in [0.05, 0.1) is 18.9 Å². The third kappa shape index (κ3) is 3.57. The highest BCUT2D eigenvalue weighted by Gasteiger charge is 2.21. The van der Waals surface area contributed by atoms with Crippen LogP contribution in [0.5, 0.6) is 5.88 Å². The topological polar surface area (TPSA) is 61.3 Å². The van der Waals surface area contributed by atoms with Crippen molar-refractivity contribution in [2.75, 3.05) is 7.11 Å². The van der Waals surface area contributed by atoms with Crippen molar-refractivity contribution in [2.45, 2.75) is 39.7 Å². The summed E-state index contributed by atoms with van der Waals surface area (Å²) in [5.41, 5.74) is 0.672. The average molecular weight is 273 g/mol. The largest absolute Gasteiger partial charge is 0.474 e. The maximum atomic E-state index is 11.7. The molecule has 0 aromatic carbocycles. The summed E-state index contributed by atoms with van der Waals surface area (Å²) >= 11 is 5.78. The Bertz CT molecular complexity index is 438. The number of hydrogen-bond acceptors (Lipinski definition) is 5. The molecule has 0 saturated heterocycles. The van der Waals surface area contributed by atoms with Crippen molar-refractivity contribution in [2.24, 2.45) is 0 Å². The van der Waals surface area contributed by atoms with Gasteiger partial charge in [-0.15, -0.1) is 0 Å². The molecule has 0 N–H and O–H groups in total. The van der Waals surface area contributed by atoms with Gasteiger partial charge in [-0.25, -0.2) is 9.78 Å². The van der Waals surface area contributed by atoms with E-state index in [0.717, 1.165) is 12.8 Å². The van der Waals surface area contributed by atoms with E-state index in [1.54, 1.807) is 6.92 Å². The summed E-state index contributed by atoms with van der Waals surface area (Å²) in [6, 6.07) is 0. The first-order valence-corrected chi connectivity index (χ1v) is 6.16. The molecule has 0 aliphatic heterocycles. The Morgan fingerprint density at radius 2 is 2.11 bits per heavy atom. The maximum absolute atomic E-state index is 11.7. The number of carbonyl (C=O) groups is 1. The van der Waals surface area contributed by atoms with Gasteiger partial charge >= 0.3 is 5.97 Å². The number of rotatable bonds is 5. The summed E-state index contributed by atoms with van der Waals surface area (Å²) in [5, 5.41) is 0.0545. The van der Waals surface area contributed by atoms with Gasteiger partial charge in [0.15, 0.2) is 0 Å². The molecule has 5 nitrogen and oxygen atoms in total. The van der Waals surface area contributed by atoms with E-state index in [9.17, 15) is 4.79 Å². The Balaban J connectivity index is 3.11. The number of aromatic nitrogens is 2. The van der Waals surface area contributed by atoms with Gasteiger partial charge in [0.25, 0.3) is 0 Å². The fourth-order valence-electron chi connectivity index (χ4n) is 1.59. The highest BCUT2D eigenvalue weighted by atomic mass is 35.5. The smallest absolute Gasteiger partial charge is 0.345 e. The van der Waals surface area contributed by atoms with Crippen molar-refractivity contribution in [3.05, 3.63) is 16.5 Å². The van der Waals surface area contributed by atoms with Crippen LogP contribution >= 0.6 is 11.6 Å². The minimum absolute atomic E-state index is 0.0521. The molecule has 1 aromatic heterocycles. The van der Waals surface area contributed by atoms with E-state index in [2.05, 4.69) is 16.9 Å². The second-order valence-electron chi connectivity index (χ2n) is 3.97. The Morgan fingerprint density at radius 1 is 1.44 bits per heavy atom. The molecule has 0 radical (unpaired) electrons. The Hall–Kier alpha value is -1.36. The Morgan fingerprint density at radius 3 is 2.67 bits per heavy atom. The van der Waals surface area contributed by atoms with Crippen molar-refractivity contribution < 1.29 is 14.3 Å². The summed E-state index contributed by atoms with van der Waals surface area (Å²) in [6.45, 7) is 5.63. The van der Waals surface area contributed by atoms with Gasteiger partial charge in [-0.3, -0.25) is 0 Å². The zero-order chi connectivity index (χ0) is 13.7. The third-order valence-corrected chi connectivity index (χ3v) is 2.60. The molecule has 6 heteroatoms. The van der Waals surface area contributed by atoms with Crippen LogP contribution in [0.15, 0.2) is 0 Å². The SMILES string of the molecule is CCCC(C)Oc1nc(Cl)nc(C)c1C(=O)OC. The van der Waals surface area contributed by atoms with Gasteiger partial charge in [-0.1, -0.05) is 13.3 Å². The lowest BCUT2D eigenvalue weighted by molar-refractivity contribution is 0.0590. The lowest BCUT2D eigenvalue weighted by atomic mass is 10.2. The van der Waals surface area contributed by atoms with Crippen LogP contribution in [-0.2, 0) is 4.74 Å². The summed E-state index contributed by atoms with van der Waals surface area (Å²) in [5.74, 6) is -0.344. The van der Waals surface area contributed by atoms with Crippen LogP contribution in [0.4, 0.5) is 0 Å². The molecule has 0 aliphatic rings. The number of ether oxygens (including phenoxy) is 2. The molecule has 1 atom stereocenters. The zero-order valence-electron chi connectivity index (χ0n) is 11.0. The van der Waals surface area contributed by atoms with Gasteiger partial charge in [0, 0.05) is 0 Å². The summed E-state index contributed by atoms with van der Waals surface area (Å²) in [7, 11) is 1.30. The second kappa shape index (κ2) is 6.54. The van der Waals surface area contributed by atoms with Crippen LogP contribution < -0.4 is 4.74 Å². The third-order valence-electron chi connectivity index (χ3n) is 2.43. The Labute approximate surface area is 111 Å². The first kappa shape index (κ1) is 14.7. The van der Waals surface area contributed by atoms with Crippen molar-refractivity contribution in [3.8, 4) is 5.88 Å². The molecule has 100 valence electrons. The Kier molecular flexibility index (Phi) is 5.34. The minimum atomic E-state index is -0.525. The number of carbonyl (C=O) groups excluding carboxylic acids is 1. The fraction of sp³-hybridized carbons (Fsp3) is 0.583. The van der Waals surface area contributed by atoms with Gasteiger partial charge in [-0.05, 0) is 31.9 Å². The van der Waals surface area contributed by atoms with Gasteiger partial charge in [-0.2, -0.15) is 4.98 Å². The molecule has 1 unspecified atom stereocenters. The van der Waals surface area contributed by atoms with E-state index in [4.69, 9.17) is 21.1 Å². The van der Waals surface area contributed by atoms with Crippen LogP contribution in [0.25, 0.3) is 0 Å². The number of methoxy groups -OCH3 is 1. The molecule has 0 bridgehead atoms. The first-order chi connectivity index (χ1) is 8.49. The number of aryl methyl sites for hydroxylation is 1. The quantitative estimate of drug-likeness (QED) is 0.609. The second-order valence-corrected chi connectivity index (χ2v) is 4.30. The highest BCUT2D eigenvalue weighted by molar-refractivity contribution is 6.28. The highest BCUT2D eigenvalue weighted by Crippen LogP contribution is 2.23. The summed E-state index contributed by atoms with van der Waals surface area (Å²) in [4.78, 5) is 19.6. The standard InChI is InChI=1S/C12H17ClN2O3/c1-5-6-7(2)18-10-9(11(16)17-4)8(3)14-12(13)15-10/h7H,5-6H2,1-4H3. The van der Waals surface area contributed by atoms with Crippen LogP contribution in [0.2, 0.25) is 5.28 Å². The van der Waals surface area contributed by atoms with E-state index in [-0.39, 0.29) is 22.8 Å². The average Bonchev–Trinajstić information content (AvgIpc) is 2.27. The van der Waals surface area contributed by atoms with Crippen LogP contribution in [0, 0.1) is 6.92 Å². The molecule has 1 heterocycles. The number of hydrogen-bond donors (Lipinski definition) is 0.